The molecule has 0 aliphatic carbocycles. The maximum Gasteiger partial charge on any atom is 0.339 e. The molecule has 0 aliphatic rings. The van der Waals surface area contributed by atoms with Crippen LogP contribution in [-0.4, -0.2) is 40.7 Å². The summed E-state index contributed by atoms with van der Waals surface area (Å²) >= 11 is 1.29. The molecule has 2 amide bonds. The van der Waals surface area contributed by atoms with Crippen LogP contribution < -0.4 is 10.2 Å². The fourth-order valence-electron chi connectivity index (χ4n) is 4.53. The van der Waals surface area contributed by atoms with E-state index in [0.29, 0.717) is 17.1 Å². The van der Waals surface area contributed by atoms with Gasteiger partial charge in [-0.3, -0.25) is 14.5 Å². The zero-order valence-corrected chi connectivity index (χ0v) is 23.1. The van der Waals surface area contributed by atoms with E-state index in [1.54, 1.807) is 37.3 Å². The average Bonchev–Trinajstić information content (AvgIpc) is 3.57. The number of nitrogens with one attached hydrogen (secondary N) is 1. The molecule has 1 unspecified atom stereocenters. The van der Waals surface area contributed by atoms with Crippen molar-refractivity contribution in [1.82, 2.24) is 15.1 Å². The van der Waals surface area contributed by atoms with Gasteiger partial charge in [-0.15, -0.1) is 11.3 Å². The summed E-state index contributed by atoms with van der Waals surface area (Å²) in [5.41, 5.74) is 3.07. The molecule has 5 rings (SSSR count). The van der Waals surface area contributed by atoms with E-state index in [-0.39, 0.29) is 11.5 Å². The summed E-state index contributed by atoms with van der Waals surface area (Å²) in [6, 6.07) is 26.7. The van der Waals surface area contributed by atoms with Gasteiger partial charge in [0.25, 0.3) is 5.91 Å². The molecule has 8 nitrogen and oxygen atoms in total. The van der Waals surface area contributed by atoms with Crippen molar-refractivity contribution in [3.63, 3.8) is 0 Å². The van der Waals surface area contributed by atoms with Crippen LogP contribution in [0.4, 0.5) is 5.69 Å². The van der Waals surface area contributed by atoms with E-state index in [4.69, 9.17) is 4.74 Å². The number of hydrogen-bond acceptors (Lipinski definition) is 6. The minimum Gasteiger partial charge on any atom is -0.465 e. The number of rotatable bonds is 8. The van der Waals surface area contributed by atoms with E-state index in [2.05, 4.69) is 10.4 Å². The standard InChI is InChI=1S/C31H28N4O4S/c1-20-25-18-27(40-30(25)35(33-20)23-14-8-5-9-15-23)29(37)34(26-17-11-10-16-24(26)31(38)39-3)21(2)28(36)32-19-22-12-6-4-7-13-22/h4-18,21H,19H2,1-3H3,(H,32,36). The van der Waals surface area contributed by atoms with Crippen molar-refractivity contribution in [1.29, 1.82) is 0 Å². The van der Waals surface area contributed by atoms with E-state index in [9.17, 15) is 14.4 Å². The summed E-state index contributed by atoms with van der Waals surface area (Å²) in [5.74, 6) is -1.36. The van der Waals surface area contributed by atoms with Crippen LogP contribution in [0.25, 0.3) is 15.9 Å². The van der Waals surface area contributed by atoms with E-state index in [1.165, 1.54) is 23.3 Å². The van der Waals surface area contributed by atoms with Crippen LogP contribution in [0.1, 0.15) is 38.2 Å². The molecule has 1 N–H and O–H groups in total. The van der Waals surface area contributed by atoms with Crippen molar-refractivity contribution in [2.45, 2.75) is 26.4 Å². The number of ether oxygens (including phenoxy) is 1. The Balaban J connectivity index is 1.55. The molecule has 2 aromatic heterocycles. The minimum absolute atomic E-state index is 0.189. The molecule has 2 heterocycles. The monoisotopic (exact) mass is 552 g/mol. The van der Waals surface area contributed by atoms with Crippen molar-refractivity contribution < 1.29 is 19.1 Å². The van der Waals surface area contributed by atoms with Crippen LogP contribution in [-0.2, 0) is 16.1 Å². The molecule has 0 radical (unpaired) electrons. The molecule has 40 heavy (non-hydrogen) atoms. The number of methoxy groups -OCH3 is 1. The first-order valence-electron chi connectivity index (χ1n) is 12.8. The van der Waals surface area contributed by atoms with Gasteiger partial charge in [0.1, 0.15) is 10.9 Å². The fourth-order valence-corrected chi connectivity index (χ4v) is 5.65. The molecule has 0 saturated carbocycles. The lowest BCUT2D eigenvalue weighted by molar-refractivity contribution is -0.122. The lowest BCUT2D eigenvalue weighted by Crippen LogP contribution is -2.48. The van der Waals surface area contributed by atoms with Gasteiger partial charge in [0.05, 0.1) is 34.6 Å². The number of nitrogens with zero attached hydrogens (tertiary/aromatic N) is 3. The summed E-state index contributed by atoms with van der Waals surface area (Å²) in [4.78, 5) is 42.9. The SMILES string of the molecule is COC(=O)c1ccccc1N(C(=O)c1cc2c(C)nn(-c3ccccc3)c2s1)C(C)C(=O)NCc1ccccc1. The third kappa shape index (κ3) is 5.23. The number of anilines is 1. The van der Waals surface area contributed by atoms with Crippen molar-refractivity contribution in [3.05, 3.63) is 113 Å². The van der Waals surface area contributed by atoms with Crippen LogP contribution in [0.2, 0.25) is 0 Å². The first-order chi connectivity index (χ1) is 19.4. The van der Waals surface area contributed by atoms with Gasteiger partial charge in [-0.05, 0) is 49.7 Å². The molecule has 9 heteroatoms. The molecular weight excluding hydrogens is 524 g/mol. The Kier molecular flexibility index (Phi) is 7.75. The zero-order valence-electron chi connectivity index (χ0n) is 22.3. The lowest BCUT2D eigenvalue weighted by Gasteiger charge is -2.29. The largest absolute Gasteiger partial charge is 0.465 e. The van der Waals surface area contributed by atoms with E-state index in [1.807, 2.05) is 72.3 Å². The van der Waals surface area contributed by atoms with Gasteiger partial charge in [0, 0.05) is 11.9 Å². The molecule has 1 atom stereocenters. The first kappa shape index (κ1) is 26.8. The molecule has 0 bridgehead atoms. The molecule has 3 aromatic carbocycles. The average molecular weight is 553 g/mol. The maximum atomic E-state index is 14.2. The number of benzene rings is 3. The predicted molar refractivity (Wildman–Crippen MR) is 156 cm³/mol. The summed E-state index contributed by atoms with van der Waals surface area (Å²) in [6.07, 6.45) is 0. The van der Waals surface area contributed by atoms with Gasteiger partial charge in [-0.1, -0.05) is 60.7 Å². The Morgan fingerprint density at radius 2 is 1.62 bits per heavy atom. The molecule has 0 fully saturated rings. The summed E-state index contributed by atoms with van der Waals surface area (Å²) in [7, 11) is 1.28. The number of esters is 1. The van der Waals surface area contributed by atoms with Crippen LogP contribution >= 0.6 is 11.3 Å². The quantitative estimate of drug-likeness (QED) is 0.255. The van der Waals surface area contributed by atoms with Crippen LogP contribution in [0.3, 0.4) is 0 Å². The van der Waals surface area contributed by atoms with E-state index >= 15 is 0 Å². The Morgan fingerprint density at radius 1 is 0.975 bits per heavy atom. The van der Waals surface area contributed by atoms with Gasteiger partial charge in [-0.2, -0.15) is 5.10 Å². The van der Waals surface area contributed by atoms with Crippen LogP contribution in [0.5, 0.6) is 0 Å². The van der Waals surface area contributed by atoms with E-state index in [0.717, 1.165) is 27.2 Å². The predicted octanol–water partition coefficient (Wildman–Crippen LogP) is 5.53. The third-order valence-corrected chi connectivity index (χ3v) is 7.72. The Hall–Kier alpha value is -4.76. The Labute approximate surface area is 235 Å². The first-order valence-corrected chi connectivity index (χ1v) is 13.6. The highest BCUT2D eigenvalue weighted by Gasteiger charge is 2.33. The van der Waals surface area contributed by atoms with Gasteiger partial charge in [0.15, 0.2) is 0 Å². The summed E-state index contributed by atoms with van der Waals surface area (Å²) < 4.78 is 6.80. The summed E-state index contributed by atoms with van der Waals surface area (Å²) in [6.45, 7) is 3.85. The minimum atomic E-state index is -0.932. The number of aromatic nitrogens is 2. The number of carbonyl (C=O) groups is 3. The van der Waals surface area contributed by atoms with Crippen LogP contribution in [0, 0.1) is 6.92 Å². The second-order valence-corrected chi connectivity index (χ2v) is 10.3. The number of fused-ring (bicyclic) bond motifs is 1. The normalized spacial score (nSPS) is 11.7. The van der Waals surface area contributed by atoms with Crippen molar-refractivity contribution in [2.75, 3.05) is 12.0 Å². The van der Waals surface area contributed by atoms with Crippen molar-refractivity contribution in [2.24, 2.45) is 0 Å². The Morgan fingerprint density at radius 3 is 2.33 bits per heavy atom. The highest BCUT2D eigenvalue weighted by molar-refractivity contribution is 7.20. The topological polar surface area (TPSA) is 93.5 Å². The van der Waals surface area contributed by atoms with Crippen molar-refractivity contribution >= 4 is 45.0 Å². The molecule has 0 spiro atoms. The van der Waals surface area contributed by atoms with Gasteiger partial charge < -0.3 is 10.1 Å². The fraction of sp³-hybridized carbons (Fsp3) is 0.161. The number of carbonyl (C=O) groups excluding carboxylic acids is 3. The van der Waals surface area contributed by atoms with Gasteiger partial charge >= 0.3 is 5.97 Å². The number of hydrogen-bond donors (Lipinski definition) is 1. The highest BCUT2D eigenvalue weighted by Crippen LogP contribution is 2.33. The number of amides is 2. The van der Waals surface area contributed by atoms with E-state index < -0.39 is 17.9 Å². The number of para-hydroxylation sites is 2. The van der Waals surface area contributed by atoms with Gasteiger partial charge in [-0.25, -0.2) is 9.48 Å². The molecule has 202 valence electrons. The molecule has 0 aliphatic heterocycles. The zero-order chi connectivity index (χ0) is 28.2. The maximum absolute atomic E-state index is 14.2. The second-order valence-electron chi connectivity index (χ2n) is 9.23. The van der Waals surface area contributed by atoms with Crippen LogP contribution in [0.15, 0.2) is 91.0 Å². The highest BCUT2D eigenvalue weighted by atomic mass is 32.1. The molecule has 5 aromatic rings. The number of aryl methyl sites for hydroxylation is 1. The lowest BCUT2D eigenvalue weighted by atomic mass is 10.1. The number of thiophene rings is 1. The summed E-state index contributed by atoms with van der Waals surface area (Å²) in [5, 5.41) is 8.43. The molecule has 0 saturated heterocycles. The molecular formula is C31H28N4O4S. The van der Waals surface area contributed by atoms with Crippen molar-refractivity contribution in [3.8, 4) is 5.69 Å². The van der Waals surface area contributed by atoms with Gasteiger partial charge in [0.2, 0.25) is 5.91 Å². The third-order valence-electron chi connectivity index (χ3n) is 6.62. The second kappa shape index (κ2) is 11.5. The smallest absolute Gasteiger partial charge is 0.339 e. The Bertz CT molecular complexity index is 1680.